The summed E-state index contributed by atoms with van der Waals surface area (Å²) in [6.45, 7) is 10.8. The maximum atomic E-state index is 11.9. The quantitative estimate of drug-likeness (QED) is 0.192. The van der Waals surface area contributed by atoms with Crippen LogP contribution in [0.1, 0.15) is 84.9 Å². The van der Waals surface area contributed by atoms with E-state index in [2.05, 4.69) is 124 Å². The summed E-state index contributed by atoms with van der Waals surface area (Å²) in [4.78, 5) is 28.2. The first-order valence-electron chi connectivity index (χ1n) is 17.7. The molecule has 0 fully saturated rings. The third-order valence-corrected chi connectivity index (χ3v) is 11.1. The van der Waals surface area contributed by atoms with Gasteiger partial charge in [-0.1, -0.05) is 88.4 Å². The fourth-order valence-electron chi connectivity index (χ4n) is 8.33. The average molecular weight is 689 g/mol. The first-order valence-corrected chi connectivity index (χ1v) is 17.7. The molecular formula is C46H44N2O4. The summed E-state index contributed by atoms with van der Waals surface area (Å²) < 4.78 is 0. The number of benzene rings is 4. The van der Waals surface area contributed by atoms with E-state index in [0.29, 0.717) is 11.1 Å². The van der Waals surface area contributed by atoms with Gasteiger partial charge in [-0.3, -0.25) is 0 Å². The van der Waals surface area contributed by atoms with Gasteiger partial charge in [-0.05, 0) is 119 Å². The molecule has 6 nitrogen and oxygen atoms in total. The second-order valence-corrected chi connectivity index (χ2v) is 14.9. The Labute approximate surface area is 306 Å². The standard InChI is InChI=1S/C46H44N2O4/c1-29-36-23-19-32(43(49)50)27-38(36)45(2,3)37(29)24-20-30-17-18-31(42(30)48(34-13-9-7-10-14-34)35-15-11-8-12-16-35)22-26-41-46(4,5)39-28-33(44(51)52)21-25-40(39)47(41)6/h7-16,19-28H,17-18H2,1-6H3,(H,49,50)(H,51,52)/b24-20+,31-22+,41-26+. The van der Waals surface area contributed by atoms with Crippen LogP contribution in [0.2, 0.25) is 0 Å². The summed E-state index contributed by atoms with van der Waals surface area (Å²) in [5, 5.41) is 19.4. The molecule has 3 aliphatic rings. The summed E-state index contributed by atoms with van der Waals surface area (Å²) in [6.07, 6.45) is 10.7. The number of hydrogen-bond donors (Lipinski definition) is 2. The van der Waals surface area contributed by atoms with Crippen LogP contribution in [0.3, 0.4) is 0 Å². The summed E-state index contributed by atoms with van der Waals surface area (Å²) in [5.41, 5.74) is 13.1. The van der Waals surface area contributed by atoms with Crippen LogP contribution in [0.4, 0.5) is 17.1 Å². The van der Waals surface area contributed by atoms with Crippen LogP contribution < -0.4 is 9.80 Å². The zero-order valence-electron chi connectivity index (χ0n) is 30.6. The predicted octanol–water partition coefficient (Wildman–Crippen LogP) is 10.8. The fraction of sp³-hybridized carbons (Fsp3) is 0.217. The third kappa shape index (κ3) is 5.78. The van der Waals surface area contributed by atoms with E-state index in [0.717, 1.165) is 63.6 Å². The van der Waals surface area contributed by atoms with Gasteiger partial charge in [0.1, 0.15) is 0 Å². The second-order valence-electron chi connectivity index (χ2n) is 14.9. The van der Waals surface area contributed by atoms with Crippen molar-refractivity contribution in [2.24, 2.45) is 0 Å². The zero-order valence-corrected chi connectivity index (χ0v) is 30.6. The minimum atomic E-state index is -0.926. The fourth-order valence-corrected chi connectivity index (χ4v) is 8.33. The Morgan fingerprint density at radius 1 is 0.712 bits per heavy atom. The highest BCUT2D eigenvalue weighted by Crippen LogP contribution is 2.50. The number of hydrogen-bond acceptors (Lipinski definition) is 4. The number of para-hydroxylation sites is 2. The van der Waals surface area contributed by atoms with Crippen LogP contribution in [0.25, 0.3) is 5.57 Å². The molecule has 7 rings (SSSR count). The second kappa shape index (κ2) is 13.0. The number of fused-ring (bicyclic) bond motifs is 2. The SMILES string of the molecule is CC1=C(/C=C/C2=C(N(c3ccccc3)c3ccccc3)C(=C/C=C3/N(C)c4ccc(C(=O)O)cc4C3(C)C)/CC2)C(C)(C)c2cc(C(=O)O)ccc21. The van der Waals surface area contributed by atoms with Crippen molar-refractivity contribution in [3.05, 3.63) is 177 Å². The molecule has 0 bridgehead atoms. The maximum absolute atomic E-state index is 11.9. The number of allylic oxidation sites excluding steroid dienone is 9. The van der Waals surface area contributed by atoms with E-state index in [1.165, 1.54) is 16.7 Å². The van der Waals surface area contributed by atoms with E-state index in [9.17, 15) is 19.8 Å². The van der Waals surface area contributed by atoms with Crippen molar-refractivity contribution in [3.8, 4) is 0 Å². The average Bonchev–Trinajstić information content (AvgIpc) is 3.68. The molecule has 2 aliphatic carbocycles. The number of carbonyl (C=O) groups is 2. The lowest BCUT2D eigenvalue weighted by Crippen LogP contribution is -2.23. The van der Waals surface area contributed by atoms with Crippen molar-refractivity contribution in [2.45, 2.75) is 58.3 Å². The summed E-state index contributed by atoms with van der Waals surface area (Å²) in [5.74, 6) is -1.84. The molecule has 4 aromatic carbocycles. The predicted molar refractivity (Wildman–Crippen MR) is 210 cm³/mol. The lowest BCUT2D eigenvalue weighted by Gasteiger charge is -2.29. The Bertz CT molecular complexity index is 2230. The van der Waals surface area contributed by atoms with Crippen molar-refractivity contribution in [2.75, 3.05) is 16.8 Å². The van der Waals surface area contributed by atoms with Crippen molar-refractivity contribution < 1.29 is 19.8 Å². The normalized spacial score (nSPS) is 18.8. The topological polar surface area (TPSA) is 81.1 Å². The van der Waals surface area contributed by atoms with Crippen molar-refractivity contribution in [3.63, 3.8) is 0 Å². The van der Waals surface area contributed by atoms with Crippen LogP contribution >= 0.6 is 0 Å². The van der Waals surface area contributed by atoms with E-state index < -0.39 is 17.4 Å². The highest BCUT2D eigenvalue weighted by molar-refractivity contribution is 5.91. The molecule has 0 amide bonds. The molecule has 52 heavy (non-hydrogen) atoms. The van der Waals surface area contributed by atoms with Crippen molar-refractivity contribution >= 4 is 34.6 Å². The highest BCUT2D eigenvalue weighted by atomic mass is 16.4. The molecular weight excluding hydrogens is 645 g/mol. The number of anilines is 3. The van der Waals surface area contributed by atoms with Gasteiger partial charge in [0.15, 0.2) is 0 Å². The highest BCUT2D eigenvalue weighted by Gasteiger charge is 2.39. The van der Waals surface area contributed by atoms with Crippen molar-refractivity contribution in [1.29, 1.82) is 0 Å². The van der Waals surface area contributed by atoms with Crippen molar-refractivity contribution in [1.82, 2.24) is 0 Å². The minimum absolute atomic E-state index is 0.292. The third-order valence-electron chi connectivity index (χ3n) is 11.1. The molecule has 0 spiro atoms. The molecule has 0 atom stereocenters. The first-order chi connectivity index (χ1) is 24.8. The van der Waals surface area contributed by atoms with Gasteiger partial charge in [0.05, 0.1) is 16.8 Å². The number of nitrogens with zero attached hydrogens (tertiary/aromatic N) is 2. The lowest BCUT2D eigenvalue weighted by molar-refractivity contribution is 0.0686. The molecule has 262 valence electrons. The number of likely N-dealkylation sites (N-methyl/N-ethyl adjacent to an activating group) is 1. The zero-order chi connectivity index (χ0) is 36.9. The maximum Gasteiger partial charge on any atom is 0.335 e. The van der Waals surface area contributed by atoms with Crippen LogP contribution in [-0.4, -0.2) is 29.2 Å². The number of carboxylic acid groups (broad SMARTS) is 2. The Morgan fingerprint density at radius 2 is 1.29 bits per heavy atom. The lowest BCUT2D eigenvalue weighted by atomic mass is 9.80. The van der Waals surface area contributed by atoms with Gasteiger partial charge in [-0.2, -0.15) is 0 Å². The molecule has 0 saturated carbocycles. The summed E-state index contributed by atoms with van der Waals surface area (Å²) >= 11 is 0. The largest absolute Gasteiger partial charge is 0.478 e. The van der Waals surface area contributed by atoms with Gasteiger partial charge in [0.25, 0.3) is 0 Å². The van der Waals surface area contributed by atoms with Gasteiger partial charge in [0, 0.05) is 40.6 Å². The smallest absolute Gasteiger partial charge is 0.335 e. The Hall–Kier alpha value is -5.88. The van der Waals surface area contributed by atoms with Gasteiger partial charge in [-0.15, -0.1) is 0 Å². The number of rotatable bonds is 8. The Morgan fingerprint density at radius 3 is 1.88 bits per heavy atom. The van der Waals surface area contributed by atoms with E-state index in [-0.39, 0.29) is 5.41 Å². The minimum Gasteiger partial charge on any atom is -0.478 e. The summed E-state index contributed by atoms with van der Waals surface area (Å²) in [7, 11) is 2.05. The molecule has 2 N–H and O–H groups in total. The van der Waals surface area contributed by atoms with Gasteiger partial charge in [-0.25, -0.2) is 9.59 Å². The van der Waals surface area contributed by atoms with E-state index in [4.69, 9.17) is 0 Å². The van der Waals surface area contributed by atoms with E-state index in [1.54, 1.807) is 18.2 Å². The van der Waals surface area contributed by atoms with Crippen LogP contribution in [0, 0.1) is 0 Å². The molecule has 0 unspecified atom stereocenters. The Kier molecular flexibility index (Phi) is 8.66. The summed E-state index contributed by atoms with van der Waals surface area (Å²) in [6, 6.07) is 31.8. The van der Waals surface area contributed by atoms with Gasteiger partial charge >= 0.3 is 11.9 Å². The van der Waals surface area contributed by atoms with Gasteiger partial charge < -0.3 is 20.0 Å². The molecule has 1 aliphatic heterocycles. The number of aromatic carboxylic acids is 2. The van der Waals surface area contributed by atoms with E-state index in [1.807, 2.05) is 30.3 Å². The van der Waals surface area contributed by atoms with E-state index >= 15 is 0 Å². The molecule has 1 heterocycles. The Balaban J connectivity index is 1.36. The van der Waals surface area contributed by atoms with Crippen LogP contribution in [0.5, 0.6) is 0 Å². The number of carboxylic acids is 2. The molecule has 0 aromatic heterocycles. The monoisotopic (exact) mass is 688 g/mol. The molecule has 0 saturated heterocycles. The molecule has 0 radical (unpaired) electrons. The van der Waals surface area contributed by atoms with Crippen LogP contribution in [0.15, 0.2) is 149 Å². The first kappa shape index (κ1) is 34.6. The molecule has 6 heteroatoms. The van der Waals surface area contributed by atoms with Crippen LogP contribution in [-0.2, 0) is 10.8 Å². The van der Waals surface area contributed by atoms with Gasteiger partial charge in [0.2, 0.25) is 0 Å². The molecule has 4 aromatic rings.